The van der Waals surface area contributed by atoms with Gasteiger partial charge in [-0.2, -0.15) is 0 Å². The van der Waals surface area contributed by atoms with E-state index in [2.05, 4.69) is 9.97 Å². The normalized spacial score (nSPS) is 10.9. The molecule has 0 fully saturated rings. The van der Waals surface area contributed by atoms with E-state index < -0.39 is 5.97 Å². The number of carbonyl (C=O) groups excluding carboxylic acids is 1. The predicted molar refractivity (Wildman–Crippen MR) is 86.6 cm³/mol. The van der Waals surface area contributed by atoms with Gasteiger partial charge in [0, 0.05) is 24.7 Å². The zero-order valence-corrected chi connectivity index (χ0v) is 12.7. The summed E-state index contributed by atoms with van der Waals surface area (Å²) in [7, 11) is 0. The Morgan fingerprint density at radius 3 is 2.79 bits per heavy atom. The van der Waals surface area contributed by atoms with Crippen molar-refractivity contribution in [3.63, 3.8) is 0 Å². The van der Waals surface area contributed by atoms with Crippen LogP contribution in [0, 0.1) is 5.82 Å². The molecule has 0 aliphatic rings. The number of hydrogen-bond donors (Lipinski definition) is 0. The van der Waals surface area contributed by atoms with E-state index >= 15 is 0 Å². The molecule has 6 heteroatoms. The zero-order valence-electron chi connectivity index (χ0n) is 12.7. The third-order valence-corrected chi connectivity index (χ3v) is 3.24. The number of nitrogens with zero attached hydrogens (tertiary/aromatic N) is 3. The topological polar surface area (TPSA) is 57.0 Å². The Bertz CT molecular complexity index is 843. The van der Waals surface area contributed by atoms with Crippen molar-refractivity contribution in [2.75, 3.05) is 0 Å². The minimum atomic E-state index is -0.472. The van der Waals surface area contributed by atoms with E-state index in [-0.39, 0.29) is 12.4 Å². The number of ether oxygens (including phenoxy) is 1. The number of halogens is 1. The van der Waals surface area contributed by atoms with Gasteiger partial charge in [-0.1, -0.05) is 12.1 Å². The van der Waals surface area contributed by atoms with Crippen molar-refractivity contribution in [1.29, 1.82) is 0 Å². The van der Waals surface area contributed by atoms with Crippen molar-refractivity contribution in [2.24, 2.45) is 0 Å². The Kier molecular flexibility index (Phi) is 4.76. The van der Waals surface area contributed by atoms with Gasteiger partial charge in [-0.3, -0.25) is 4.57 Å². The fourth-order valence-corrected chi connectivity index (χ4v) is 2.03. The van der Waals surface area contributed by atoms with Crippen LogP contribution in [-0.4, -0.2) is 20.5 Å². The first-order valence-corrected chi connectivity index (χ1v) is 7.24. The van der Waals surface area contributed by atoms with Gasteiger partial charge in [0.25, 0.3) is 0 Å². The van der Waals surface area contributed by atoms with Crippen molar-refractivity contribution in [3.05, 3.63) is 84.3 Å². The number of imidazole rings is 1. The second-order valence-corrected chi connectivity index (χ2v) is 4.98. The Balaban J connectivity index is 1.58. The number of benzene rings is 1. The third kappa shape index (κ3) is 4.13. The third-order valence-electron chi connectivity index (χ3n) is 3.24. The van der Waals surface area contributed by atoms with Gasteiger partial charge in [-0.05, 0) is 41.5 Å². The summed E-state index contributed by atoms with van der Waals surface area (Å²) >= 11 is 0. The molecule has 0 N–H and O–H groups in total. The van der Waals surface area contributed by atoms with E-state index in [4.69, 9.17) is 4.74 Å². The van der Waals surface area contributed by atoms with Gasteiger partial charge in [0.15, 0.2) is 0 Å². The standard InChI is InChI=1S/C18H14FN3O2/c19-16-4-1-14(2-5-16)3-6-18(23)24-12-15-7-8-21-17(11-15)22-10-9-20-13-22/h1-11,13H,12H2/b6-3-. The molecule has 0 amide bonds. The number of carbonyl (C=O) groups is 1. The number of esters is 1. The summed E-state index contributed by atoms with van der Waals surface area (Å²) in [6.07, 6.45) is 9.62. The van der Waals surface area contributed by atoms with Crippen LogP contribution in [0.15, 0.2) is 67.4 Å². The Morgan fingerprint density at radius 2 is 2.04 bits per heavy atom. The van der Waals surface area contributed by atoms with Crippen LogP contribution < -0.4 is 0 Å². The lowest BCUT2D eigenvalue weighted by Gasteiger charge is -2.05. The lowest BCUT2D eigenvalue weighted by molar-refractivity contribution is -0.138. The maximum Gasteiger partial charge on any atom is 0.331 e. The fourth-order valence-electron chi connectivity index (χ4n) is 2.03. The summed E-state index contributed by atoms with van der Waals surface area (Å²) in [5.74, 6) is -0.0932. The number of rotatable bonds is 5. The van der Waals surface area contributed by atoms with E-state index in [1.165, 1.54) is 18.2 Å². The molecule has 0 spiro atoms. The molecule has 1 aromatic carbocycles. The summed E-state index contributed by atoms with van der Waals surface area (Å²) in [5.41, 5.74) is 1.54. The summed E-state index contributed by atoms with van der Waals surface area (Å²) in [6.45, 7) is 0.136. The van der Waals surface area contributed by atoms with Crippen molar-refractivity contribution < 1.29 is 13.9 Å². The molecular weight excluding hydrogens is 309 g/mol. The molecule has 2 heterocycles. The van der Waals surface area contributed by atoms with Crippen LogP contribution in [0.2, 0.25) is 0 Å². The molecule has 0 aliphatic heterocycles. The Labute approximate surface area is 138 Å². The van der Waals surface area contributed by atoms with Gasteiger partial charge in [-0.15, -0.1) is 0 Å². The van der Waals surface area contributed by atoms with Gasteiger partial charge in [-0.25, -0.2) is 19.2 Å². The van der Waals surface area contributed by atoms with E-state index in [9.17, 15) is 9.18 Å². The summed E-state index contributed by atoms with van der Waals surface area (Å²) in [5, 5.41) is 0. The minimum absolute atomic E-state index is 0.136. The molecule has 2 aromatic heterocycles. The van der Waals surface area contributed by atoms with E-state index in [0.717, 1.165) is 11.1 Å². The Hall–Kier alpha value is -3.28. The molecule has 3 aromatic rings. The highest BCUT2D eigenvalue weighted by Crippen LogP contribution is 2.09. The molecule has 0 unspecified atom stereocenters. The Morgan fingerprint density at radius 1 is 1.21 bits per heavy atom. The fraction of sp³-hybridized carbons (Fsp3) is 0.0556. The predicted octanol–water partition coefficient (Wildman–Crippen LogP) is 3.16. The van der Waals surface area contributed by atoms with Gasteiger partial charge < -0.3 is 4.74 Å². The van der Waals surface area contributed by atoms with E-state index in [1.807, 2.05) is 6.07 Å². The molecule has 5 nitrogen and oxygen atoms in total. The maximum absolute atomic E-state index is 12.8. The van der Waals surface area contributed by atoms with Gasteiger partial charge in [0.2, 0.25) is 0 Å². The van der Waals surface area contributed by atoms with Crippen LogP contribution in [0.3, 0.4) is 0 Å². The SMILES string of the molecule is O=C(/C=C\c1ccc(F)cc1)OCc1ccnc(-n2ccnc2)c1. The number of hydrogen-bond acceptors (Lipinski definition) is 4. The number of aromatic nitrogens is 3. The van der Waals surface area contributed by atoms with E-state index in [0.29, 0.717) is 5.82 Å². The molecule has 0 aliphatic carbocycles. The lowest BCUT2D eigenvalue weighted by atomic mass is 10.2. The first-order chi connectivity index (χ1) is 11.7. The molecule has 120 valence electrons. The molecule has 0 bridgehead atoms. The maximum atomic E-state index is 12.8. The minimum Gasteiger partial charge on any atom is -0.458 e. The highest BCUT2D eigenvalue weighted by Gasteiger charge is 2.02. The number of pyridine rings is 1. The van der Waals surface area contributed by atoms with Gasteiger partial charge >= 0.3 is 5.97 Å². The van der Waals surface area contributed by atoms with Crippen LogP contribution in [0.5, 0.6) is 0 Å². The van der Waals surface area contributed by atoms with E-state index in [1.54, 1.807) is 53.8 Å². The highest BCUT2D eigenvalue weighted by molar-refractivity contribution is 5.87. The van der Waals surface area contributed by atoms with Gasteiger partial charge in [0.05, 0.1) is 0 Å². The van der Waals surface area contributed by atoms with Crippen LogP contribution in [0.25, 0.3) is 11.9 Å². The molecule has 0 atom stereocenters. The molecule has 3 rings (SSSR count). The molecule has 0 saturated carbocycles. The second-order valence-electron chi connectivity index (χ2n) is 4.98. The average Bonchev–Trinajstić information content (AvgIpc) is 3.14. The summed E-state index contributed by atoms with van der Waals surface area (Å²) < 4.78 is 19.8. The smallest absolute Gasteiger partial charge is 0.331 e. The van der Waals surface area contributed by atoms with Gasteiger partial charge in [0.1, 0.15) is 24.6 Å². The zero-order chi connectivity index (χ0) is 16.8. The van der Waals surface area contributed by atoms with Crippen molar-refractivity contribution >= 4 is 12.0 Å². The average molecular weight is 323 g/mol. The molecule has 0 saturated heterocycles. The van der Waals surface area contributed by atoms with Crippen molar-refractivity contribution in [2.45, 2.75) is 6.61 Å². The van der Waals surface area contributed by atoms with Crippen LogP contribution in [0.4, 0.5) is 4.39 Å². The summed E-state index contributed by atoms with van der Waals surface area (Å²) in [4.78, 5) is 20.0. The second kappa shape index (κ2) is 7.32. The molecular formula is C18H14FN3O2. The lowest BCUT2D eigenvalue weighted by Crippen LogP contribution is -2.02. The first-order valence-electron chi connectivity index (χ1n) is 7.24. The first kappa shape index (κ1) is 15.6. The van der Waals surface area contributed by atoms with Crippen LogP contribution in [0.1, 0.15) is 11.1 Å². The molecule has 0 radical (unpaired) electrons. The molecule has 24 heavy (non-hydrogen) atoms. The monoisotopic (exact) mass is 323 g/mol. The highest BCUT2D eigenvalue weighted by atomic mass is 19.1. The quantitative estimate of drug-likeness (QED) is 0.534. The summed E-state index contributed by atoms with van der Waals surface area (Å²) in [6, 6.07) is 9.42. The van der Waals surface area contributed by atoms with Crippen molar-refractivity contribution in [1.82, 2.24) is 14.5 Å². The van der Waals surface area contributed by atoms with Crippen molar-refractivity contribution in [3.8, 4) is 5.82 Å². The largest absolute Gasteiger partial charge is 0.458 e. The van der Waals surface area contributed by atoms with Crippen LogP contribution in [-0.2, 0) is 16.1 Å². The van der Waals surface area contributed by atoms with Crippen LogP contribution >= 0.6 is 0 Å².